The Hall–Kier alpha value is -1.87. The molecule has 2 aliphatic heterocycles. The Morgan fingerprint density at radius 3 is 2.90 bits per heavy atom. The van der Waals surface area contributed by atoms with E-state index in [-0.39, 0.29) is 0 Å². The molecule has 1 saturated heterocycles. The second-order valence-electron chi connectivity index (χ2n) is 5.62. The number of nitrogens with one attached hydrogen (secondary N) is 1. The largest absolute Gasteiger partial charge is 0.493 e. The van der Waals surface area contributed by atoms with E-state index >= 15 is 0 Å². The average Bonchev–Trinajstić information content (AvgIpc) is 2.90. The predicted molar refractivity (Wildman–Crippen MR) is 78.9 cm³/mol. The molecule has 0 spiro atoms. The van der Waals surface area contributed by atoms with Gasteiger partial charge in [-0.3, -0.25) is 4.98 Å². The Bertz CT molecular complexity index is 612. The van der Waals surface area contributed by atoms with Crippen LogP contribution in [0.1, 0.15) is 17.9 Å². The maximum atomic E-state index is 6.12. The minimum atomic E-state index is 0.592. The van der Waals surface area contributed by atoms with Gasteiger partial charge in [-0.25, -0.2) is 0 Å². The summed E-state index contributed by atoms with van der Waals surface area (Å²) in [5.74, 6) is 2.38. The molecule has 3 heteroatoms. The number of benzene rings is 1. The lowest BCUT2D eigenvalue weighted by molar-refractivity contribution is 0.297. The van der Waals surface area contributed by atoms with Gasteiger partial charge in [-0.15, -0.1) is 0 Å². The molecule has 0 radical (unpaired) electrons. The molecule has 1 N–H and O–H groups in total. The fraction of sp³-hybridized carbons (Fsp3) is 0.353. The molecule has 0 bridgehead atoms. The number of para-hydroxylation sites is 1. The summed E-state index contributed by atoms with van der Waals surface area (Å²) in [5.41, 5.74) is 3.74. The molecule has 1 fully saturated rings. The van der Waals surface area contributed by atoms with Gasteiger partial charge in [0.1, 0.15) is 5.75 Å². The van der Waals surface area contributed by atoms with Gasteiger partial charge in [0.15, 0.2) is 0 Å². The van der Waals surface area contributed by atoms with Crippen molar-refractivity contribution < 1.29 is 4.74 Å². The molecule has 102 valence electrons. The van der Waals surface area contributed by atoms with Crippen molar-refractivity contribution in [1.29, 1.82) is 0 Å². The number of aromatic nitrogens is 1. The highest BCUT2D eigenvalue weighted by Crippen LogP contribution is 2.43. The lowest BCUT2D eigenvalue weighted by Gasteiger charge is -2.18. The molecule has 0 saturated carbocycles. The molecule has 2 atom stereocenters. The first-order valence-corrected chi connectivity index (χ1v) is 7.30. The van der Waals surface area contributed by atoms with E-state index in [2.05, 4.69) is 28.5 Å². The van der Waals surface area contributed by atoms with Crippen LogP contribution in [0.5, 0.6) is 5.75 Å². The van der Waals surface area contributed by atoms with Crippen molar-refractivity contribution in [2.45, 2.75) is 12.3 Å². The zero-order valence-electron chi connectivity index (χ0n) is 11.4. The van der Waals surface area contributed by atoms with E-state index in [1.807, 2.05) is 24.5 Å². The lowest BCUT2D eigenvalue weighted by atomic mass is 9.86. The van der Waals surface area contributed by atoms with Gasteiger partial charge >= 0.3 is 0 Å². The normalized spacial score (nSPS) is 24.4. The van der Waals surface area contributed by atoms with E-state index < -0.39 is 0 Å². The van der Waals surface area contributed by atoms with Crippen LogP contribution in [0.15, 0.2) is 42.7 Å². The maximum Gasteiger partial charge on any atom is 0.130 e. The van der Waals surface area contributed by atoms with Gasteiger partial charge in [0.05, 0.1) is 6.61 Å². The first-order valence-electron chi connectivity index (χ1n) is 7.30. The second-order valence-corrected chi connectivity index (χ2v) is 5.62. The summed E-state index contributed by atoms with van der Waals surface area (Å²) >= 11 is 0. The minimum Gasteiger partial charge on any atom is -0.493 e. The fourth-order valence-corrected chi connectivity index (χ4v) is 3.48. The van der Waals surface area contributed by atoms with Crippen molar-refractivity contribution in [3.05, 3.63) is 48.3 Å². The number of fused-ring (bicyclic) bond motifs is 3. The smallest absolute Gasteiger partial charge is 0.130 e. The highest BCUT2D eigenvalue weighted by Gasteiger charge is 2.33. The third-order valence-corrected chi connectivity index (χ3v) is 4.51. The number of hydrogen-bond donors (Lipinski definition) is 1. The molecule has 4 rings (SSSR count). The van der Waals surface area contributed by atoms with Crippen molar-refractivity contribution in [2.75, 3.05) is 19.7 Å². The first kappa shape index (κ1) is 11.9. The van der Waals surface area contributed by atoms with Crippen LogP contribution in [0.2, 0.25) is 0 Å². The molecule has 0 amide bonds. The highest BCUT2D eigenvalue weighted by atomic mass is 16.5. The number of ether oxygens (including phenoxy) is 1. The summed E-state index contributed by atoms with van der Waals surface area (Å²) < 4.78 is 6.12. The summed E-state index contributed by atoms with van der Waals surface area (Å²) in [6.45, 7) is 3.01. The van der Waals surface area contributed by atoms with Crippen LogP contribution >= 0.6 is 0 Å². The van der Waals surface area contributed by atoms with E-state index in [9.17, 15) is 0 Å². The molecular weight excluding hydrogens is 248 g/mol. The quantitative estimate of drug-likeness (QED) is 0.862. The summed E-state index contributed by atoms with van der Waals surface area (Å²) in [4.78, 5) is 4.10. The molecular formula is C17H18N2O. The van der Waals surface area contributed by atoms with E-state index in [1.54, 1.807) is 0 Å². The fourth-order valence-electron chi connectivity index (χ4n) is 3.48. The van der Waals surface area contributed by atoms with Crippen LogP contribution in [0.3, 0.4) is 0 Å². The van der Waals surface area contributed by atoms with E-state index in [0.717, 1.165) is 31.9 Å². The summed E-state index contributed by atoms with van der Waals surface area (Å²) in [7, 11) is 0. The number of hydrogen-bond acceptors (Lipinski definition) is 3. The highest BCUT2D eigenvalue weighted by molar-refractivity contribution is 5.72. The summed E-state index contributed by atoms with van der Waals surface area (Å²) in [6, 6.07) is 10.6. The predicted octanol–water partition coefficient (Wildman–Crippen LogP) is 2.83. The van der Waals surface area contributed by atoms with Gasteiger partial charge in [0, 0.05) is 30.4 Å². The molecule has 2 unspecified atom stereocenters. The van der Waals surface area contributed by atoms with Gasteiger partial charge < -0.3 is 10.1 Å². The van der Waals surface area contributed by atoms with Crippen LogP contribution in [0.25, 0.3) is 11.1 Å². The van der Waals surface area contributed by atoms with Crippen molar-refractivity contribution in [3.63, 3.8) is 0 Å². The van der Waals surface area contributed by atoms with Crippen LogP contribution in [0, 0.1) is 5.92 Å². The molecule has 3 heterocycles. The molecule has 3 nitrogen and oxygen atoms in total. The van der Waals surface area contributed by atoms with E-state index in [4.69, 9.17) is 4.74 Å². The Labute approximate surface area is 119 Å². The van der Waals surface area contributed by atoms with Crippen molar-refractivity contribution >= 4 is 0 Å². The first-order chi connectivity index (χ1) is 9.93. The van der Waals surface area contributed by atoms with Gasteiger partial charge in [-0.05, 0) is 42.1 Å². The lowest BCUT2D eigenvalue weighted by Crippen LogP contribution is -2.11. The van der Waals surface area contributed by atoms with Crippen molar-refractivity contribution in [1.82, 2.24) is 10.3 Å². The topological polar surface area (TPSA) is 34.2 Å². The Kier molecular flexibility index (Phi) is 2.92. The summed E-state index contributed by atoms with van der Waals surface area (Å²) in [5, 5.41) is 3.53. The Balaban J connectivity index is 1.85. The third kappa shape index (κ3) is 1.90. The third-order valence-electron chi connectivity index (χ3n) is 4.51. The maximum absolute atomic E-state index is 6.12. The molecule has 1 aromatic carbocycles. The number of rotatable bonds is 1. The van der Waals surface area contributed by atoms with E-state index in [0.29, 0.717) is 11.8 Å². The van der Waals surface area contributed by atoms with Gasteiger partial charge in [-0.1, -0.05) is 18.2 Å². The molecule has 20 heavy (non-hydrogen) atoms. The monoisotopic (exact) mass is 266 g/mol. The van der Waals surface area contributed by atoms with Crippen LogP contribution < -0.4 is 10.1 Å². The van der Waals surface area contributed by atoms with Gasteiger partial charge in [0.25, 0.3) is 0 Å². The van der Waals surface area contributed by atoms with Gasteiger partial charge in [-0.2, -0.15) is 0 Å². The standard InChI is InChI=1S/C17H18N2O/c1-2-14(12-4-7-18-8-5-12)17-15(3-1)16-11-19-10-13(16)6-9-20-17/h1-5,7-8,13,16,19H,6,9-11H2. The average molecular weight is 266 g/mol. The zero-order chi connectivity index (χ0) is 13.4. The van der Waals surface area contributed by atoms with Crippen LogP contribution in [-0.4, -0.2) is 24.7 Å². The number of nitrogens with zero attached hydrogens (tertiary/aromatic N) is 1. The Morgan fingerprint density at radius 2 is 2.00 bits per heavy atom. The molecule has 2 aromatic rings. The molecule has 0 aliphatic carbocycles. The Morgan fingerprint density at radius 1 is 1.10 bits per heavy atom. The minimum absolute atomic E-state index is 0.592. The van der Waals surface area contributed by atoms with Crippen molar-refractivity contribution in [3.8, 4) is 16.9 Å². The summed E-state index contributed by atoms with van der Waals surface area (Å²) in [6.07, 6.45) is 4.82. The van der Waals surface area contributed by atoms with Gasteiger partial charge in [0.2, 0.25) is 0 Å². The zero-order valence-corrected chi connectivity index (χ0v) is 11.4. The van der Waals surface area contributed by atoms with Crippen molar-refractivity contribution in [2.24, 2.45) is 5.92 Å². The van der Waals surface area contributed by atoms with Crippen LogP contribution in [-0.2, 0) is 0 Å². The van der Waals surface area contributed by atoms with E-state index in [1.165, 1.54) is 16.7 Å². The molecule has 2 aliphatic rings. The number of pyridine rings is 1. The second kappa shape index (κ2) is 4.91. The van der Waals surface area contributed by atoms with Crippen LogP contribution in [0.4, 0.5) is 0 Å². The SMILES string of the molecule is c1cc(-c2ccncc2)c2c(c1)C1CNCC1CCO2. The molecule has 1 aromatic heterocycles.